The summed E-state index contributed by atoms with van der Waals surface area (Å²) in [6, 6.07) is 63.6. The molecule has 0 saturated carbocycles. The van der Waals surface area contributed by atoms with E-state index in [-0.39, 0.29) is 0 Å². The average molecular weight is 541 g/mol. The van der Waals surface area contributed by atoms with Gasteiger partial charge in [0, 0.05) is 0 Å². The van der Waals surface area contributed by atoms with Gasteiger partial charge in [-0.2, -0.15) is 0 Å². The van der Waals surface area contributed by atoms with E-state index >= 15 is 0 Å². The first-order valence-corrected chi connectivity index (χ1v) is 16.3. The van der Waals surface area contributed by atoms with Crippen molar-refractivity contribution in [2.45, 2.75) is 0 Å². The van der Waals surface area contributed by atoms with Crippen LogP contribution in [0, 0.1) is 0 Å². The molecule has 0 amide bonds. The Bertz CT molecular complexity index is 1900. The van der Waals surface area contributed by atoms with Crippen molar-refractivity contribution in [2.75, 3.05) is 0 Å². The van der Waals surface area contributed by atoms with Gasteiger partial charge in [0.2, 0.25) is 0 Å². The van der Waals surface area contributed by atoms with Gasteiger partial charge >= 0.3 is 241 Å². The van der Waals surface area contributed by atoms with Crippen molar-refractivity contribution in [1.82, 2.24) is 0 Å². The van der Waals surface area contributed by atoms with Crippen molar-refractivity contribution in [2.24, 2.45) is 0 Å². The first-order valence-electron chi connectivity index (χ1n) is 14.3. The average Bonchev–Trinajstić information content (AvgIpc) is 3.05. The van der Waals surface area contributed by atoms with E-state index in [9.17, 15) is 0 Å². The Hall–Kier alpha value is -4.77. The van der Waals surface area contributed by atoms with Gasteiger partial charge in [-0.05, 0) is 0 Å². The molecule has 0 radical (unpaired) electrons. The predicted octanol–water partition coefficient (Wildman–Crippen LogP) is 8.65. The topological polar surface area (TPSA) is 0 Å². The molecule has 0 aromatic heterocycles. The Labute approximate surface area is 240 Å². The summed E-state index contributed by atoms with van der Waals surface area (Å²) in [7, 11) is -2.77. The minimum absolute atomic E-state index is 1.27. The summed E-state index contributed by atoms with van der Waals surface area (Å²) in [4.78, 5) is 0. The fraction of sp³-hybridized carbons (Fsp3) is 0. The van der Waals surface area contributed by atoms with E-state index in [4.69, 9.17) is 0 Å². The summed E-state index contributed by atoms with van der Waals surface area (Å²) in [5.41, 5.74) is 0. The maximum absolute atomic E-state index is 2.77. The number of hydrogen-bond donors (Lipinski definition) is 0. The third kappa shape index (κ3) is 3.95. The third-order valence-electron chi connectivity index (χ3n) is 8.73. The minimum atomic E-state index is -2.77. The van der Waals surface area contributed by atoms with Gasteiger partial charge in [0.1, 0.15) is 0 Å². The fourth-order valence-electron chi connectivity index (χ4n) is 6.69. The summed E-state index contributed by atoms with van der Waals surface area (Å²) in [6.07, 6.45) is 0. The fourth-order valence-corrected chi connectivity index (χ4v) is 11.5. The molecule has 0 nitrogen and oxygen atoms in total. The number of benzene rings is 8. The predicted molar refractivity (Wildman–Crippen MR) is 183 cm³/mol. The van der Waals surface area contributed by atoms with Crippen molar-refractivity contribution in [3.8, 4) is 0 Å². The van der Waals surface area contributed by atoms with Gasteiger partial charge in [0.25, 0.3) is 0 Å². The zero-order valence-corrected chi connectivity index (χ0v) is 23.7. The summed E-state index contributed by atoms with van der Waals surface area (Å²) in [6.45, 7) is 0. The van der Waals surface area contributed by atoms with Crippen LogP contribution >= 0.6 is 7.26 Å². The molecule has 194 valence electrons. The van der Waals surface area contributed by atoms with E-state index in [1.54, 1.807) is 0 Å². The maximum atomic E-state index is 2.46. The molecule has 8 aromatic rings. The first kappa shape index (κ1) is 24.1. The molecule has 8 rings (SSSR count). The van der Waals surface area contributed by atoms with Crippen LogP contribution in [0.5, 0.6) is 0 Å². The van der Waals surface area contributed by atoms with E-state index in [2.05, 4.69) is 170 Å². The van der Waals surface area contributed by atoms with Gasteiger partial charge in [-0.25, -0.2) is 0 Å². The van der Waals surface area contributed by atoms with Crippen LogP contribution in [0.1, 0.15) is 0 Å². The Morgan fingerprint density at radius 1 is 0.220 bits per heavy atom. The van der Waals surface area contributed by atoms with Crippen LogP contribution in [0.15, 0.2) is 170 Å². The molecule has 0 aliphatic rings. The van der Waals surface area contributed by atoms with Crippen molar-refractivity contribution in [3.63, 3.8) is 0 Å². The second kappa shape index (κ2) is 9.70. The van der Waals surface area contributed by atoms with Crippen LogP contribution in [-0.2, 0) is 0 Å². The molecule has 1 heteroatoms. The molecule has 0 atom stereocenters. The summed E-state index contributed by atoms with van der Waals surface area (Å²) in [5.74, 6) is 0. The van der Waals surface area contributed by atoms with Crippen molar-refractivity contribution >= 4 is 71.6 Å². The SMILES string of the molecule is c1ccc2cc([PH](c3ccc4ccccc4c3)(c3ccc4ccccc4c3)c3ccc4ccccc4c3)ccc2c1. The quantitative estimate of drug-likeness (QED) is 0.196. The van der Waals surface area contributed by atoms with E-state index < -0.39 is 7.26 Å². The molecule has 0 saturated heterocycles. The first-order chi connectivity index (χ1) is 20.3. The Balaban J connectivity index is 1.55. The van der Waals surface area contributed by atoms with Crippen LogP contribution in [0.3, 0.4) is 0 Å². The van der Waals surface area contributed by atoms with Gasteiger partial charge in [0.15, 0.2) is 0 Å². The standard InChI is InChI=1S/C40H29P/c1-5-13-33-25-37(21-17-29(33)9-1)41(38-22-18-30-10-2-6-14-34(30)26-38,39-23-19-31-11-3-7-15-35(31)27-39)40-24-20-32-12-4-8-16-36(32)28-40/h1-28,41H. The van der Waals surface area contributed by atoms with Crippen LogP contribution in [0.4, 0.5) is 0 Å². The zero-order chi connectivity index (χ0) is 27.2. The van der Waals surface area contributed by atoms with Crippen molar-refractivity contribution < 1.29 is 0 Å². The van der Waals surface area contributed by atoms with E-state index in [1.807, 2.05) is 0 Å². The summed E-state index contributed by atoms with van der Waals surface area (Å²) < 4.78 is 0. The Morgan fingerprint density at radius 2 is 0.439 bits per heavy atom. The van der Waals surface area contributed by atoms with Crippen molar-refractivity contribution in [3.05, 3.63) is 170 Å². The molecule has 0 spiro atoms. The molecule has 41 heavy (non-hydrogen) atoms. The van der Waals surface area contributed by atoms with Gasteiger partial charge in [-0.1, -0.05) is 0 Å². The van der Waals surface area contributed by atoms with E-state index in [0.717, 1.165) is 0 Å². The normalized spacial score (nSPS) is 12.3. The molecule has 8 aromatic carbocycles. The van der Waals surface area contributed by atoms with Gasteiger partial charge in [-0.15, -0.1) is 0 Å². The van der Waals surface area contributed by atoms with E-state index in [0.29, 0.717) is 0 Å². The summed E-state index contributed by atoms with van der Waals surface area (Å²) >= 11 is 0. The molecular weight excluding hydrogens is 511 g/mol. The van der Waals surface area contributed by atoms with Crippen LogP contribution in [0.2, 0.25) is 0 Å². The Morgan fingerprint density at radius 3 is 0.683 bits per heavy atom. The number of rotatable bonds is 4. The molecule has 0 fully saturated rings. The van der Waals surface area contributed by atoms with Crippen molar-refractivity contribution in [1.29, 1.82) is 0 Å². The molecular formula is C40H29P. The van der Waals surface area contributed by atoms with Crippen LogP contribution < -0.4 is 21.2 Å². The zero-order valence-electron chi connectivity index (χ0n) is 22.7. The molecule has 0 unspecified atom stereocenters. The van der Waals surface area contributed by atoms with Gasteiger partial charge in [0.05, 0.1) is 0 Å². The molecule has 0 bridgehead atoms. The van der Waals surface area contributed by atoms with E-state index in [1.165, 1.54) is 64.3 Å². The second-order valence-corrected chi connectivity index (χ2v) is 14.8. The Kier molecular flexibility index (Phi) is 5.69. The number of hydrogen-bond acceptors (Lipinski definition) is 0. The number of fused-ring (bicyclic) bond motifs is 4. The van der Waals surface area contributed by atoms with Crippen LogP contribution in [-0.4, -0.2) is 0 Å². The summed E-state index contributed by atoms with van der Waals surface area (Å²) in [5, 5.41) is 15.8. The monoisotopic (exact) mass is 540 g/mol. The van der Waals surface area contributed by atoms with Crippen LogP contribution in [0.25, 0.3) is 43.1 Å². The second-order valence-electron chi connectivity index (χ2n) is 11.0. The molecule has 0 aliphatic heterocycles. The molecule has 0 aliphatic carbocycles. The van der Waals surface area contributed by atoms with Gasteiger partial charge < -0.3 is 0 Å². The molecule has 0 N–H and O–H groups in total. The third-order valence-corrected chi connectivity index (χ3v) is 13.4. The molecule has 0 heterocycles. The van der Waals surface area contributed by atoms with Gasteiger partial charge in [-0.3, -0.25) is 0 Å².